The van der Waals surface area contributed by atoms with E-state index in [9.17, 15) is 22.4 Å². The van der Waals surface area contributed by atoms with Crippen molar-refractivity contribution in [2.45, 2.75) is 44.3 Å². The summed E-state index contributed by atoms with van der Waals surface area (Å²) >= 11 is 0. The van der Waals surface area contributed by atoms with Gasteiger partial charge >= 0.3 is 0 Å². The van der Waals surface area contributed by atoms with Crippen LogP contribution >= 0.6 is 0 Å². The Balaban J connectivity index is 2.02. The summed E-state index contributed by atoms with van der Waals surface area (Å²) in [6, 6.07) is 3.21. The number of nitrogens with two attached hydrogens (primary N) is 1. The third kappa shape index (κ3) is 3.47. The van der Waals surface area contributed by atoms with E-state index in [2.05, 4.69) is 15.3 Å². The van der Waals surface area contributed by atoms with Crippen molar-refractivity contribution in [3.63, 3.8) is 0 Å². The van der Waals surface area contributed by atoms with Crippen LogP contribution in [0, 0.1) is 12.7 Å². The molecule has 6 nitrogen and oxygen atoms in total. The van der Waals surface area contributed by atoms with E-state index in [1.165, 1.54) is 10.6 Å². The molecule has 29 heavy (non-hydrogen) atoms. The summed E-state index contributed by atoms with van der Waals surface area (Å²) in [7, 11) is 1.63. The Hall–Kier alpha value is -2.91. The first-order valence-electron chi connectivity index (χ1n) is 8.81. The minimum Gasteiger partial charge on any atom is -0.385 e. The molecule has 10 heteroatoms. The van der Waals surface area contributed by atoms with Gasteiger partial charge in [0.25, 0.3) is 11.8 Å². The predicted molar refractivity (Wildman–Crippen MR) is 100 cm³/mol. The number of hydrogen-bond donors (Lipinski definition) is 2. The number of halogens is 4. The van der Waals surface area contributed by atoms with Crippen LogP contribution < -0.4 is 11.1 Å². The molecule has 0 bridgehead atoms. The Bertz CT molecular complexity index is 1010. The van der Waals surface area contributed by atoms with Crippen LogP contribution in [-0.2, 0) is 12.6 Å². The van der Waals surface area contributed by atoms with Crippen LogP contribution in [0.25, 0.3) is 0 Å². The van der Waals surface area contributed by atoms with Crippen molar-refractivity contribution in [3.05, 3.63) is 47.3 Å². The van der Waals surface area contributed by atoms with E-state index in [4.69, 9.17) is 5.73 Å². The molecular formula is C19H21F4N5O. The Morgan fingerprint density at radius 3 is 2.52 bits per heavy atom. The van der Waals surface area contributed by atoms with Crippen molar-refractivity contribution in [1.29, 1.82) is 0 Å². The number of aryl methyl sites for hydroxylation is 2. The fourth-order valence-corrected chi connectivity index (χ4v) is 3.37. The molecule has 1 aromatic heterocycles. The van der Waals surface area contributed by atoms with Gasteiger partial charge in [0.2, 0.25) is 0 Å². The van der Waals surface area contributed by atoms with Crippen LogP contribution in [0.4, 0.5) is 23.2 Å². The Morgan fingerprint density at radius 1 is 1.28 bits per heavy atom. The van der Waals surface area contributed by atoms with Crippen molar-refractivity contribution in [2.75, 3.05) is 5.32 Å². The monoisotopic (exact) mass is 411 g/mol. The van der Waals surface area contributed by atoms with Gasteiger partial charge in [-0.3, -0.25) is 9.79 Å². The molecule has 2 atom stereocenters. The van der Waals surface area contributed by atoms with Crippen LogP contribution in [0.5, 0.6) is 0 Å². The Labute approximate surface area is 164 Å². The lowest BCUT2D eigenvalue weighted by Gasteiger charge is -2.42. The van der Waals surface area contributed by atoms with Gasteiger partial charge in [-0.25, -0.2) is 22.5 Å². The van der Waals surface area contributed by atoms with Crippen LogP contribution in [0.15, 0.2) is 29.4 Å². The van der Waals surface area contributed by atoms with E-state index in [1.54, 1.807) is 20.2 Å². The molecule has 2 heterocycles. The van der Waals surface area contributed by atoms with Gasteiger partial charge in [-0.05, 0) is 39.0 Å². The summed E-state index contributed by atoms with van der Waals surface area (Å²) in [5.74, 6) is -5.84. The molecule has 0 saturated heterocycles. The highest BCUT2D eigenvalue weighted by Crippen LogP contribution is 2.50. The van der Waals surface area contributed by atoms with E-state index in [1.807, 2.05) is 0 Å². The maximum absolute atomic E-state index is 14.8. The number of aromatic nitrogens is 2. The second-order valence-corrected chi connectivity index (χ2v) is 7.61. The van der Waals surface area contributed by atoms with Gasteiger partial charge in [0.15, 0.2) is 17.0 Å². The fraction of sp³-hybridized carbons (Fsp3) is 0.421. The number of imidazole rings is 1. The molecule has 156 valence electrons. The number of amidine groups is 1. The van der Waals surface area contributed by atoms with Gasteiger partial charge in [0.05, 0.1) is 12.1 Å². The molecular weight excluding hydrogens is 390 g/mol. The van der Waals surface area contributed by atoms with E-state index in [0.717, 1.165) is 26.0 Å². The number of aliphatic imine (C=N–C) groups is 1. The number of alkyl halides is 3. The van der Waals surface area contributed by atoms with Crippen LogP contribution in [0.1, 0.15) is 42.1 Å². The first kappa shape index (κ1) is 20.8. The topological polar surface area (TPSA) is 85.3 Å². The number of nitrogens with one attached hydrogen (secondary N) is 1. The third-order valence-corrected chi connectivity index (χ3v) is 5.09. The van der Waals surface area contributed by atoms with Gasteiger partial charge in [0, 0.05) is 24.5 Å². The zero-order chi connectivity index (χ0) is 21.8. The highest BCUT2D eigenvalue weighted by Gasteiger charge is 2.60. The van der Waals surface area contributed by atoms with E-state index >= 15 is 0 Å². The summed E-state index contributed by atoms with van der Waals surface area (Å²) in [5, 5.41) is 2.50. The largest absolute Gasteiger partial charge is 0.385 e. The molecule has 1 aliphatic heterocycles. The highest BCUT2D eigenvalue weighted by molar-refractivity contribution is 6.02. The van der Waals surface area contributed by atoms with Gasteiger partial charge in [0.1, 0.15) is 11.7 Å². The smallest absolute Gasteiger partial charge is 0.291 e. The van der Waals surface area contributed by atoms with Gasteiger partial charge in [-0.15, -0.1) is 0 Å². The lowest BCUT2D eigenvalue weighted by Crippen LogP contribution is -2.56. The molecule has 0 aliphatic carbocycles. The first-order valence-corrected chi connectivity index (χ1v) is 8.81. The van der Waals surface area contributed by atoms with Crippen LogP contribution in [0.2, 0.25) is 0 Å². The number of amides is 1. The summed E-state index contributed by atoms with van der Waals surface area (Å²) < 4.78 is 60.0. The molecule has 1 aliphatic rings. The van der Waals surface area contributed by atoms with Gasteiger partial charge < -0.3 is 15.6 Å². The lowest BCUT2D eigenvalue weighted by molar-refractivity contribution is -0.106. The zero-order valence-electron chi connectivity index (χ0n) is 16.4. The molecule has 0 radical (unpaired) electrons. The second-order valence-electron chi connectivity index (χ2n) is 7.61. The Morgan fingerprint density at radius 2 is 1.93 bits per heavy atom. The minimum atomic E-state index is -3.72. The average molecular weight is 411 g/mol. The Kier molecular flexibility index (Phi) is 4.71. The molecule has 3 N–H and O–H groups in total. The van der Waals surface area contributed by atoms with Crippen LogP contribution in [-0.4, -0.2) is 32.9 Å². The number of anilines is 1. The molecule has 1 amide bonds. The quantitative estimate of drug-likeness (QED) is 0.759. The van der Waals surface area contributed by atoms with E-state index in [-0.39, 0.29) is 11.5 Å². The van der Waals surface area contributed by atoms with Gasteiger partial charge in [-0.2, -0.15) is 0 Å². The maximum atomic E-state index is 14.8. The SMILES string of the molecule is Cc1cn(C)c(C(=O)Nc2ccc(F)c(C3(C)N=C(N)C(C)(F)CC3(F)F)c2)n1. The summed E-state index contributed by atoms with van der Waals surface area (Å²) in [5.41, 5.74) is 0.772. The number of carbonyl (C=O) groups excluding carboxylic acids is 1. The summed E-state index contributed by atoms with van der Waals surface area (Å²) in [4.78, 5) is 20.2. The third-order valence-electron chi connectivity index (χ3n) is 5.09. The highest BCUT2D eigenvalue weighted by atomic mass is 19.3. The van der Waals surface area contributed by atoms with Gasteiger partial charge in [-0.1, -0.05) is 0 Å². The molecule has 2 aromatic rings. The predicted octanol–water partition coefficient (Wildman–Crippen LogP) is 3.46. The van der Waals surface area contributed by atoms with E-state index < -0.39 is 46.7 Å². The molecule has 3 rings (SSSR count). The fourth-order valence-electron chi connectivity index (χ4n) is 3.37. The molecule has 0 saturated carbocycles. The number of benzene rings is 1. The molecule has 0 spiro atoms. The van der Waals surface area contributed by atoms with E-state index in [0.29, 0.717) is 5.69 Å². The number of nitrogens with zero attached hydrogens (tertiary/aromatic N) is 3. The minimum absolute atomic E-state index is 0.0615. The van der Waals surface area contributed by atoms with Crippen molar-refractivity contribution in [1.82, 2.24) is 9.55 Å². The maximum Gasteiger partial charge on any atom is 0.291 e. The standard InChI is InChI=1S/C19H21F4N5O/c1-10-8-28(4)14(25-10)15(29)26-11-5-6-13(20)12(7-11)18(3)19(22,23)9-17(2,21)16(24)27-18/h5-8H,9H2,1-4H3,(H2,24,27)(H,26,29). The molecule has 0 fully saturated rings. The summed E-state index contributed by atoms with van der Waals surface area (Å²) in [6.45, 7) is 3.60. The lowest BCUT2D eigenvalue weighted by atomic mass is 9.77. The molecule has 1 aromatic carbocycles. The van der Waals surface area contributed by atoms with Crippen LogP contribution in [0.3, 0.4) is 0 Å². The van der Waals surface area contributed by atoms with Crippen molar-refractivity contribution in [2.24, 2.45) is 17.8 Å². The number of carbonyl (C=O) groups is 1. The van der Waals surface area contributed by atoms with Crippen molar-refractivity contribution in [3.8, 4) is 0 Å². The molecule has 2 unspecified atom stereocenters. The normalized spacial score (nSPS) is 26.1. The number of rotatable bonds is 3. The second kappa shape index (κ2) is 6.57. The zero-order valence-corrected chi connectivity index (χ0v) is 16.4. The summed E-state index contributed by atoms with van der Waals surface area (Å²) in [6.07, 6.45) is 0.397. The average Bonchev–Trinajstić information content (AvgIpc) is 2.92. The first-order chi connectivity index (χ1) is 13.3. The van der Waals surface area contributed by atoms with Crippen molar-refractivity contribution < 1.29 is 22.4 Å². The van der Waals surface area contributed by atoms with Crippen molar-refractivity contribution >= 4 is 17.4 Å². The number of hydrogen-bond acceptors (Lipinski definition) is 4.